The van der Waals surface area contributed by atoms with Crippen molar-refractivity contribution < 1.29 is 9.18 Å². The molecule has 2 rings (SSSR count). The number of rotatable bonds is 3. The van der Waals surface area contributed by atoms with Crippen LogP contribution in [0, 0.1) is 5.82 Å². The molecule has 7 heteroatoms. The van der Waals surface area contributed by atoms with Crippen LogP contribution in [0.2, 0.25) is 0 Å². The summed E-state index contributed by atoms with van der Waals surface area (Å²) >= 11 is 4.78. The van der Waals surface area contributed by atoms with Crippen LogP contribution in [-0.4, -0.2) is 20.7 Å². The van der Waals surface area contributed by atoms with E-state index in [1.807, 2.05) is 0 Å². The van der Waals surface area contributed by atoms with Crippen LogP contribution in [0.4, 0.5) is 10.1 Å². The van der Waals surface area contributed by atoms with Crippen molar-refractivity contribution in [1.82, 2.24) is 9.78 Å². The summed E-state index contributed by atoms with van der Waals surface area (Å²) in [6, 6.07) is 5.77. The molecule has 5 nitrogen and oxygen atoms in total. The quantitative estimate of drug-likeness (QED) is 0.833. The van der Waals surface area contributed by atoms with E-state index in [2.05, 4.69) is 10.4 Å². The van der Waals surface area contributed by atoms with Crippen LogP contribution in [0.5, 0.6) is 0 Å². The summed E-state index contributed by atoms with van der Waals surface area (Å²) < 4.78 is 15.1. The van der Waals surface area contributed by atoms with E-state index < -0.39 is 11.7 Å². The number of aryl methyl sites for hydroxylation is 1. The van der Waals surface area contributed by atoms with E-state index in [-0.39, 0.29) is 21.9 Å². The number of carbonyl (C=O) groups excluding carboxylic acids is 1. The predicted molar refractivity (Wildman–Crippen MR) is 73.4 cm³/mol. The molecule has 0 bridgehead atoms. The first-order valence-electron chi connectivity index (χ1n) is 5.38. The van der Waals surface area contributed by atoms with Crippen LogP contribution < -0.4 is 11.1 Å². The largest absolute Gasteiger partial charge is 0.389 e. The number of amides is 1. The number of carbonyl (C=O) groups is 1. The number of nitrogens with two attached hydrogens (primary N) is 1. The SMILES string of the molecule is Cn1ccc(C(=O)Nc2cccc(F)c2C(N)=S)n1. The summed E-state index contributed by atoms with van der Waals surface area (Å²) in [5.74, 6) is -1.03. The minimum atomic E-state index is -0.577. The Morgan fingerprint density at radius 1 is 1.47 bits per heavy atom. The second-order valence-corrected chi connectivity index (χ2v) is 4.30. The lowest BCUT2D eigenvalue weighted by molar-refractivity contribution is 0.102. The molecule has 0 unspecified atom stereocenters. The molecule has 0 aliphatic heterocycles. The van der Waals surface area contributed by atoms with Gasteiger partial charge in [0.2, 0.25) is 0 Å². The normalized spacial score (nSPS) is 10.2. The molecule has 1 amide bonds. The zero-order chi connectivity index (χ0) is 14.0. The Hall–Kier alpha value is -2.28. The van der Waals surface area contributed by atoms with Crippen molar-refractivity contribution in [3.63, 3.8) is 0 Å². The molecule has 1 heterocycles. The lowest BCUT2D eigenvalue weighted by atomic mass is 10.1. The minimum Gasteiger partial charge on any atom is -0.389 e. The third-order valence-corrected chi connectivity index (χ3v) is 2.66. The zero-order valence-corrected chi connectivity index (χ0v) is 10.9. The Labute approximate surface area is 114 Å². The molecule has 0 radical (unpaired) electrons. The van der Waals surface area contributed by atoms with Gasteiger partial charge in [0.15, 0.2) is 5.69 Å². The molecule has 0 aliphatic rings. The average Bonchev–Trinajstić information content (AvgIpc) is 2.75. The maximum atomic E-state index is 13.6. The van der Waals surface area contributed by atoms with Gasteiger partial charge in [-0.1, -0.05) is 18.3 Å². The van der Waals surface area contributed by atoms with E-state index in [0.29, 0.717) is 0 Å². The molecular weight excluding hydrogens is 267 g/mol. The van der Waals surface area contributed by atoms with Crippen molar-refractivity contribution in [3.05, 3.63) is 47.5 Å². The highest BCUT2D eigenvalue weighted by atomic mass is 32.1. The van der Waals surface area contributed by atoms with E-state index in [1.165, 1.54) is 22.9 Å². The van der Waals surface area contributed by atoms with E-state index in [9.17, 15) is 9.18 Å². The van der Waals surface area contributed by atoms with Crippen LogP contribution in [0.15, 0.2) is 30.5 Å². The van der Waals surface area contributed by atoms with Gasteiger partial charge >= 0.3 is 0 Å². The number of hydrogen-bond donors (Lipinski definition) is 2. The highest BCUT2D eigenvalue weighted by molar-refractivity contribution is 7.80. The molecule has 19 heavy (non-hydrogen) atoms. The van der Waals surface area contributed by atoms with Gasteiger partial charge in [0.25, 0.3) is 5.91 Å². The smallest absolute Gasteiger partial charge is 0.276 e. The highest BCUT2D eigenvalue weighted by Gasteiger charge is 2.15. The minimum absolute atomic E-state index is 0.0155. The Morgan fingerprint density at radius 3 is 2.79 bits per heavy atom. The summed E-state index contributed by atoms with van der Waals surface area (Å²) in [6.07, 6.45) is 1.63. The Balaban J connectivity index is 2.31. The van der Waals surface area contributed by atoms with Gasteiger partial charge in [0.1, 0.15) is 10.8 Å². The highest BCUT2D eigenvalue weighted by Crippen LogP contribution is 2.19. The monoisotopic (exact) mass is 278 g/mol. The molecule has 0 aliphatic carbocycles. The van der Waals surface area contributed by atoms with Crippen LogP contribution in [0.25, 0.3) is 0 Å². The number of halogens is 1. The van der Waals surface area contributed by atoms with Gasteiger partial charge in [-0.15, -0.1) is 0 Å². The van der Waals surface area contributed by atoms with Gasteiger partial charge in [0, 0.05) is 13.2 Å². The number of benzene rings is 1. The van der Waals surface area contributed by atoms with Crippen LogP contribution in [-0.2, 0) is 7.05 Å². The summed E-state index contributed by atoms with van der Waals surface area (Å²) in [7, 11) is 1.69. The van der Waals surface area contributed by atoms with Crippen LogP contribution >= 0.6 is 12.2 Å². The number of aromatic nitrogens is 2. The topological polar surface area (TPSA) is 72.9 Å². The molecule has 0 spiro atoms. The predicted octanol–water partition coefficient (Wildman–Crippen LogP) is 1.45. The molecule has 1 aromatic heterocycles. The number of nitrogens with one attached hydrogen (secondary N) is 1. The first-order chi connectivity index (χ1) is 8.99. The van der Waals surface area contributed by atoms with Crippen molar-refractivity contribution in [2.45, 2.75) is 0 Å². The first-order valence-corrected chi connectivity index (χ1v) is 5.79. The summed E-state index contributed by atoms with van der Waals surface area (Å²) in [5, 5.41) is 6.49. The van der Waals surface area contributed by atoms with Crippen molar-refractivity contribution in [2.24, 2.45) is 12.8 Å². The second kappa shape index (κ2) is 5.15. The van der Waals surface area contributed by atoms with Gasteiger partial charge in [-0.05, 0) is 18.2 Å². The third kappa shape index (κ3) is 2.76. The Morgan fingerprint density at radius 2 is 2.21 bits per heavy atom. The maximum Gasteiger partial charge on any atom is 0.276 e. The van der Waals surface area contributed by atoms with Crippen molar-refractivity contribution in [1.29, 1.82) is 0 Å². The van der Waals surface area contributed by atoms with Gasteiger partial charge in [-0.3, -0.25) is 9.48 Å². The Kier molecular flexibility index (Phi) is 3.57. The lowest BCUT2D eigenvalue weighted by Crippen LogP contribution is -2.19. The number of nitrogens with zero attached hydrogens (tertiary/aromatic N) is 2. The molecule has 0 fully saturated rings. The fraction of sp³-hybridized carbons (Fsp3) is 0.0833. The lowest BCUT2D eigenvalue weighted by Gasteiger charge is -2.09. The molecule has 0 saturated carbocycles. The number of thiocarbonyl (C=S) groups is 1. The second-order valence-electron chi connectivity index (χ2n) is 3.86. The van der Waals surface area contributed by atoms with Gasteiger partial charge < -0.3 is 11.1 Å². The molecule has 0 saturated heterocycles. The zero-order valence-electron chi connectivity index (χ0n) is 10.1. The molecule has 0 atom stereocenters. The maximum absolute atomic E-state index is 13.6. The van der Waals surface area contributed by atoms with Gasteiger partial charge in [-0.2, -0.15) is 5.10 Å². The number of hydrogen-bond acceptors (Lipinski definition) is 3. The van der Waals surface area contributed by atoms with E-state index in [4.69, 9.17) is 18.0 Å². The first kappa shape index (κ1) is 13.2. The Bertz CT molecular complexity index is 653. The van der Waals surface area contributed by atoms with E-state index in [0.717, 1.165) is 0 Å². The van der Waals surface area contributed by atoms with E-state index >= 15 is 0 Å². The van der Waals surface area contributed by atoms with Crippen molar-refractivity contribution >= 4 is 28.8 Å². The molecule has 1 aromatic carbocycles. The summed E-state index contributed by atoms with van der Waals surface area (Å²) in [5.41, 5.74) is 5.92. The van der Waals surface area contributed by atoms with Crippen LogP contribution in [0.3, 0.4) is 0 Å². The molecule has 98 valence electrons. The summed E-state index contributed by atoms with van der Waals surface area (Å²) in [4.78, 5) is 11.8. The standard InChI is InChI=1S/C12H11FN4OS/c1-17-6-5-9(16-17)12(18)15-8-4-2-3-7(13)10(8)11(14)19/h2-6H,1H3,(H2,14,19)(H,15,18). The van der Waals surface area contributed by atoms with Crippen LogP contribution in [0.1, 0.15) is 16.1 Å². The fourth-order valence-electron chi connectivity index (χ4n) is 1.60. The molecule has 3 N–H and O–H groups in total. The van der Waals surface area contributed by atoms with E-state index in [1.54, 1.807) is 19.3 Å². The van der Waals surface area contributed by atoms with Crippen molar-refractivity contribution in [2.75, 3.05) is 5.32 Å². The third-order valence-electron chi connectivity index (χ3n) is 2.45. The average molecular weight is 278 g/mol. The van der Waals surface area contributed by atoms with Crippen molar-refractivity contribution in [3.8, 4) is 0 Å². The van der Waals surface area contributed by atoms with Gasteiger partial charge in [-0.25, -0.2) is 4.39 Å². The molecule has 2 aromatic rings. The number of anilines is 1. The van der Waals surface area contributed by atoms with Gasteiger partial charge in [0.05, 0.1) is 11.3 Å². The molecular formula is C12H11FN4OS. The summed E-state index contributed by atoms with van der Waals surface area (Å²) in [6.45, 7) is 0. The fourth-order valence-corrected chi connectivity index (χ4v) is 1.81.